The van der Waals surface area contributed by atoms with Crippen molar-refractivity contribution < 1.29 is 14.3 Å². The molecule has 1 heterocycles. The maximum absolute atomic E-state index is 12.0. The minimum Gasteiger partial charge on any atom is -0.481 e. The first kappa shape index (κ1) is 15.0. The predicted molar refractivity (Wildman–Crippen MR) is 79.1 cm³/mol. The molecule has 0 atom stereocenters. The van der Waals surface area contributed by atoms with Crippen LogP contribution >= 0.6 is 0 Å². The molecule has 1 aromatic heterocycles. The lowest BCUT2D eigenvalue weighted by molar-refractivity contribution is 0.0951. The van der Waals surface area contributed by atoms with Gasteiger partial charge in [0, 0.05) is 31.5 Å². The highest BCUT2D eigenvalue weighted by Crippen LogP contribution is 2.08. The average molecular weight is 286 g/mol. The third-order valence-electron chi connectivity index (χ3n) is 2.99. The van der Waals surface area contributed by atoms with E-state index in [2.05, 4.69) is 10.3 Å². The molecule has 0 fully saturated rings. The van der Waals surface area contributed by atoms with Crippen LogP contribution in [0.15, 0.2) is 42.6 Å². The van der Waals surface area contributed by atoms with Crippen molar-refractivity contribution in [2.45, 2.75) is 13.2 Å². The zero-order valence-corrected chi connectivity index (χ0v) is 12.1. The average Bonchev–Trinajstić information content (AvgIpc) is 2.54. The number of rotatable bonds is 6. The predicted octanol–water partition coefficient (Wildman–Crippen LogP) is 2.17. The second kappa shape index (κ2) is 7.40. The summed E-state index contributed by atoms with van der Waals surface area (Å²) < 4.78 is 10.0. The fourth-order valence-electron chi connectivity index (χ4n) is 1.84. The van der Waals surface area contributed by atoms with E-state index in [1.54, 1.807) is 38.6 Å². The molecule has 0 bridgehead atoms. The molecule has 5 nitrogen and oxygen atoms in total. The highest BCUT2D eigenvalue weighted by atomic mass is 16.5. The van der Waals surface area contributed by atoms with Crippen molar-refractivity contribution in [3.05, 3.63) is 59.3 Å². The van der Waals surface area contributed by atoms with Crippen LogP contribution in [0, 0.1) is 0 Å². The van der Waals surface area contributed by atoms with Crippen LogP contribution in [-0.2, 0) is 17.9 Å². The lowest BCUT2D eigenvalue weighted by atomic mass is 10.1. The number of hydrogen-bond acceptors (Lipinski definition) is 4. The van der Waals surface area contributed by atoms with Gasteiger partial charge >= 0.3 is 0 Å². The van der Waals surface area contributed by atoms with Gasteiger partial charge in [0.15, 0.2) is 0 Å². The molecule has 1 amide bonds. The van der Waals surface area contributed by atoms with E-state index in [9.17, 15) is 4.79 Å². The molecule has 0 spiro atoms. The Morgan fingerprint density at radius 3 is 2.38 bits per heavy atom. The molecule has 2 aromatic rings. The van der Waals surface area contributed by atoms with Gasteiger partial charge in [0.1, 0.15) is 0 Å². The van der Waals surface area contributed by atoms with Crippen LogP contribution in [0.2, 0.25) is 0 Å². The van der Waals surface area contributed by atoms with Crippen molar-refractivity contribution in [1.29, 1.82) is 0 Å². The van der Waals surface area contributed by atoms with E-state index < -0.39 is 0 Å². The normalized spacial score (nSPS) is 10.2. The van der Waals surface area contributed by atoms with Crippen LogP contribution < -0.4 is 10.1 Å². The number of carbonyl (C=O) groups excluding carboxylic acids is 1. The van der Waals surface area contributed by atoms with E-state index in [0.29, 0.717) is 24.6 Å². The van der Waals surface area contributed by atoms with Crippen molar-refractivity contribution in [2.75, 3.05) is 14.2 Å². The maximum atomic E-state index is 12.0. The zero-order valence-electron chi connectivity index (χ0n) is 12.1. The quantitative estimate of drug-likeness (QED) is 0.884. The van der Waals surface area contributed by atoms with E-state index in [-0.39, 0.29) is 5.91 Å². The van der Waals surface area contributed by atoms with Gasteiger partial charge in [-0.25, -0.2) is 4.98 Å². The fourth-order valence-corrected chi connectivity index (χ4v) is 1.84. The molecule has 21 heavy (non-hydrogen) atoms. The molecule has 0 saturated carbocycles. The maximum Gasteiger partial charge on any atom is 0.251 e. The van der Waals surface area contributed by atoms with Gasteiger partial charge in [0.05, 0.1) is 13.7 Å². The summed E-state index contributed by atoms with van der Waals surface area (Å²) in [7, 11) is 3.21. The first-order valence-electron chi connectivity index (χ1n) is 6.58. The van der Waals surface area contributed by atoms with Crippen molar-refractivity contribution in [2.24, 2.45) is 0 Å². The highest BCUT2D eigenvalue weighted by Gasteiger charge is 2.05. The SMILES string of the molecule is COCc1ccc(C(=O)NCc2ccc(OC)nc2)cc1. The van der Waals surface area contributed by atoms with Gasteiger partial charge < -0.3 is 14.8 Å². The second-order valence-corrected chi connectivity index (χ2v) is 4.52. The molecule has 1 aromatic carbocycles. The van der Waals surface area contributed by atoms with Crippen LogP contribution in [0.5, 0.6) is 5.88 Å². The number of amides is 1. The summed E-state index contributed by atoms with van der Waals surface area (Å²) in [6.07, 6.45) is 1.68. The van der Waals surface area contributed by atoms with E-state index in [0.717, 1.165) is 11.1 Å². The summed E-state index contributed by atoms with van der Waals surface area (Å²) in [6.45, 7) is 0.967. The second-order valence-electron chi connectivity index (χ2n) is 4.52. The van der Waals surface area contributed by atoms with Gasteiger partial charge in [-0.05, 0) is 23.3 Å². The molecule has 0 aliphatic carbocycles. The number of aromatic nitrogens is 1. The fraction of sp³-hybridized carbons (Fsp3) is 0.250. The Kier molecular flexibility index (Phi) is 5.29. The summed E-state index contributed by atoms with van der Waals surface area (Å²) in [4.78, 5) is 16.1. The Morgan fingerprint density at radius 2 is 1.81 bits per heavy atom. The van der Waals surface area contributed by atoms with Crippen LogP contribution in [0.3, 0.4) is 0 Å². The molecule has 0 aliphatic rings. The molecule has 0 unspecified atom stereocenters. The van der Waals surface area contributed by atoms with Crippen molar-refractivity contribution in [3.63, 3.8) is 0 Å². The van der Waals surface area contributed by atoms with Crippen molar-refractivity contribution in [3.8, 4) is 5.88 Å². The Bertz CT molecular complexity index is 579. The van der Waals surface area contributed by atoms with E-state index >= 15 is 0 Å². The number of nitrogens with zero attached hydrogens (tertiary/aromatic N) is 1. The van der Waals surface area contributed by atoms with Gasteiger partial charge in [-0.3, -0.25) is 4.79 Å². The minimum atomic E-state index is -0.116. The van der Waals surface area contributed by atoms with E-state index in [1.807, 2.05) is 18.2 Å². The Balaban J connectivity index is 1.91. The Hall–Kier alpha value is -2.40. The molecule has 110 valence electrons. The Labute approximate surface area is 123 Å². The van der Waals surface area contributed by atoms with Gasteiger partial charge in [0.25, 0.3) is 5.91 Å². The molecular formula is C16H18N2O3. The Morgan fingerprint density at radius 1 is 1.10 bits per heavy atom. The number of ether oxygens (including phenoxy) is 2. The summed E-state index contributed by atoms with van der Waals surface area (Å²) in [5.74, 6) is 0.439. The van der Waals surface area contributed by atoms with Crippen LogP contribution in [-0.4, -0.2) is 25.1 Å². The molecule has 2 rings (SSSR count). The summed E-state index contributed by atoms with van der Waals surface area (Å²) >= 11 is 0. The van der Waals surface area contributed by atoms with Crippen LogP contribution in [0.4, 0.5) is 0 Å². The summed E-state index contributed by atoms with van der Waals surface area (Å²) in [6, 6.07) is 11.0. The molecule has 0 radical (unpaired) electrons. The first-order valence-corrected chi connectivity index (χ1v) is 6.58. The molecule has 0 aliphatic heterocycles. The van der Waals surface area contributed by atoms with Gasteiger partial charge in [-0.2, -0.15) is 0 Å². The summed E-state index contributed by atoms with van der Waals surface area (Å²) in [5, 5.41) is 2.85. The third-order valence-corrected chi connectivity index (χ3v) is 2.99. The number of pyridine rings is 1. The largest absolute Gasteiger partial charge is 0.481 e. The first-order chi connectivity index (χ1) is 10.2. The van der Waals surface area contributed by atoms with Crippen molar-refractivity contribution in [1.82, 2.24) is 10.3 Å². The van der Waals surface area contributed by atoms with Gasteiger partial charge in [0.2, 0.25) is 5.88 Å². The minimum absolute atomic E-state index is 0.116. The van der Waals surface area contributed by atoms with Crippen LogP contribution in [0.1, 0.15) is 21.5 Å². The van der Waals surface area contributed by atoms with E-state index in [1.165, 1.54) is 0 Å². The van der Waals surface area contributed by atoms with Gasteiger partial charge in [-0.1, -0.05) is 18.2 Å². The molecule has 0 saturated heterocycles. The molecule has 5 heteroatoms. The van der Waals surface area contributed by atoms with Crippen LogP contribution in [0.25, 0.3) is 0 Å². The number of hydrogen-bond donors (Lipinski definition) is 1. The molecule has 1 N–H and O–H groups in total. The summed E-state index contributed by atoms with van der Waals surface area (Å²) in [5.41, 5.74) is 2.57. The number of methoxy groups -OCH3 is 2. The van der Waals surface area contributed by atoms with Crippen molar-refractivity contribution >= 4 is 5.91 Å². The zero-order chi connectivity index (χ0) is 15.1. The van der Waals surface area contributed by atoms with E-state index in [4.69, 9.17) is 9.47 Å². The number of benzene rings is 1. The van der Waals surface area contributed by atoms with Gasteiger partial charge in [-0.15, -0.1) is 0 Å². The lowest BCUT2D eigenvalue weighted by Crippen LogP contribution is -2.22. The molecular weight excluding hydrogens is 268 g/mol. The monoisotopic (exact) mass is 286 g/mol. The highest BCUT2D eigenvalue weighted by molar-refractivity contribution is 5.94. The smallest absolute Gasteiger partial charge is 0.251 e. The standard InChI is InChI=1S/C16H18N2O3/c1-20-11-12-3-6-14(7-4-12)16(19)18-10-13-5-8-15(21-2)17-9-13/h3-9H,10-11H2,1-2H3,(H,18,19). The number of nitrogens with one attached hydrogen (secondary N) is 1. The third kappa shape index (κ3) is 4.29. The topological polar surface area (TPSA) is 60.5 Å². The number of carbonyl (C=O) groups is 1. The lowest BCUT2D eigenvalue weighted by Gasteiger charge is -2.07.